The van der Waals surface area contributed by atoms with E-state index in [0.717, 1.165) is 16.5 Å². The first kappa shape index (κ1) is 19.3. The Bertz CT molecular complexity index is 978. The summed E-state index contributed by atoms with van der Waals surface area (Å²) in [6.45, 7) is 10.2. The largest absolute Gasteiger partial charge is 0.462 e. The van der Waals surface area contributed by atoms with Crippen molar-refractivity contribution in [3.8, 4) is 0 Å². The second-order valence-electron chi connectivity index (χ2n) is 7.13. The number of tetrazole rings is 1. The first-order valence-electron chi connectivity index (χ1n) is 8.80. The fourth-order valence-electron chi connectivity index (χ4n) is 2.84. The summed E-state index contributed by atoms with van der Waals surface area (Å²) in [5.41, 5.74) is 2.71. The molecule has 3 aromatic rings. The van der Waals surface area contributed by atoms with Crippen LogP contribution in [-0.4, -0.2) is 37.8 Å². The molecule has 27 heavy (non-hydrogen) atoms. The molecule has 0 aliphatic carbocycles. The Balaban J connectivity index is 2.01. The summed E-state index contributed by atoms with van der Waals surface area (Å²) >= 11 is 1.46. The Kier molecular flexibility index (Phi) is 5.46. The number of esters is 1. The van der Waals surface area contributed by atoms with Gasteiger partial charge in [0.05, 0.1) is 28.9 Å². The van der Waals surface area contributed by atoms with Gasteiger partial charge >= 0.3 is 5.97 Å². The number of carbonyl (C=O) groups is 1. The molecule has 0 amide bonds. The molecular formula is C19H23N5O2S. The second kappa shape index (κ2) is 7.64. The molecule has 0 aliphatic heterocycles. The van der Waals surface area contributed by atoms with Gasteiger partial charge in [0, 0.05) is 11.1 Å². The van der Waals surface area contributed by atoms with Crippen molar-refractivity contribution in [2.45, 2.75) is 51.1 Å². The fraction of sp³-hybridized carbons (Fsp3) is 0.421. The maximum atomic E-state index is 12.6. The highest BCUT2D eigenvalue weighted by molar-refractivity contribution is 7.98. The Morgan fingerprint density at radius 1 is 1.26 bits per heavy atom. The smallest absolute Gasteiger partial charge is 0.340 e. The number of aryl methyl sites for hydroxylation is 1. The zero-order chi connectivity index (χ0) is 19.6. The SMILES string of the molecule is CCOC(=O)c1c(CSc2nnnn2C(C)(C)C)nc2ccccc2c1C. The van der Waals surface area contributed by atoms with E-state index in [2.05, 4.69) is 15.5 Å². The monoisotopic (exact) mass is 385 g/mol. The summed E-state index contributed by atoms with van der Waals surface area (Å²) in [5.74, 6) is 0.121. The van der Waals surface area contributed by atoms with Crippen LogP contribution >= 0.6 is 11.8 Å². The van der Waals surface area contributed by atoms with E-state index in [1.54, 1.807) is 11.6 Å². The lowest BCUT2D eigenvalue weighted by molar-refractivity contribution is 0.0524. The molecule has 2 heterocycles. The third-order valence-corrected chi connectivity index (χ3v) is 5.05. The van der Waals surface area contributed by atoms with Crippen molar-refractivity contribution in [2.75, 3.05) is 6.61 Å². The molecule has 0 bridgehead atoms. The van der Waals surface area contributed by atoms with E-state index in [9.17, 15) is 4.79 Å². The highest BCUT2D eigenvalue weighted by Crippen LogP contribution is 2.29. The van der Waals surface area contributed by atoms with Crippen LogP contribution in [0.5, 0.6) is 0 Å². The van der Waals surface area contributed by atoms with Crippen LogP contribution in [0, 0.1) is 6.92 Å². The average Bonchev–Trinajstić information content (AvgIpc) is 3.09. The molecule has 2 aromatic heterocycles. The Labute approximate surface area is 162 Å². The van der Waals surface area contributed by atoms with E-state index >= 15 is 0 Å². The van der Waals surface area contributed by atoms with E-state index in [4.69, 9.17) is 9.72 Å². The molecule has 8 heteroatoms. The van der Waals surface area contributed by atoms with Crippen LogP contribution in [0.3, 0.4) is 0 Å². The van der Waals surface area contributed by atoms with E-state index in [-0.39, 0.29) is 11.5 Å². The summed E-state index contributed by atoms with van der Waals surface area (Å²) in [6.07, 6.45) is 0. The van der Waals surface area contributed by atoms with E-state index in [1.807, 2.05) is 52.0 Å². The van der Waals surface area contributed by atoms with Gasteiger partial charge in [-0.3, -0.25) is 4.98 Å². The van der Waals surface area contributed by atoms with Crippen molar-refractivity contribution < 1.29 is 9.53 Å². The van der Waals surface area contributed by atoms with Crippen LogP contribution < -0.4 is 0 Å². The van der Waals surface area contributed by atoms with Gasteiger partial charge in [-0.1, -0.05) is 30.0 Å². The average molecular weight is 385 g/mol. The minimum absolute atomic E-state index is 0.234. The van der Waals surface area contributed by atoms with Gasteiger partial charge < -0.3 is 4.74 Å². The minimum atomic E-state index is -0.348. The fourth-order valence-corrected chi connectivity index (χ4v) is 3.84. The first-order chi connectivity index (χ1) is 12.8. The van der Waals surface area contributed by atoms with Crippen LogP contribution in [0.1, 0.15) is 49.3 Å². The second-order valence-corrected chi connectivity index (χ2v) is 8.07. The van der Waals surface area contributed by atoms with Gasteiger partial charge in [-0.05, 0) is 56.7 Å². The summed E-state index contributed by atoms with van der Waals surface area (Å²) in [4.78, 5) is 17.3. The molecule has 0 N–H and O–H groups in total. The number of fused-ring (bicyclic) bond motifs is 1. The van der Waals surface area contributed by atoms with Crippen LogP contribution in [-0.2, 0) is 16.0 Å². The van der Waals surface area contributed by atoms with E-state index in [1.165, 1.54) is 11.8 Å². The molecular weight excluding hydrogens is 362 g/mol. The van der Waals surface area contributed by atoms with Crippen LogP contribution in [0.2, 0.25) is 0 Å². The predicted octanol–water partition coefficient (Wildman–Crippen LogP) is 3.75. The van der Waals surface area contributed by atoms with E-state index < -0.39 is 0 Å². The third kappa shape index (κ3) is 3.95. The predicted molar refractivity (Wildman–Crippen MR) is 105 cm³/mol. The molecule has 0 spiro atoms. The highest BCUT2D eigenvalue weighted by atomic mass is 32.2. The lowest BCUT2D eigenvalue weighted by Crippen LogP contribution is -2.24. The Hall–Kier alpha value is -2.48. The van der Waals surface area contributed by atoms with Gasteiger partial charge in [-0.2, -0.15) is 0 Å². The molecule has 1 aromatic carbocycles. The summed E-state index contributed by atoms with van der Waals surface area (Å²) in [6, 6.07) is 7.80. The zero-order valence-electron chi connectivity index (χ0n) is 16.2. The van der Waals surface area contributed by atoms with Crippen LogP contribution in [0.25, 0.3) is 10.9 Å². The van der Waals surface area contributed by atoms with Gasteiger partial charge in [-0.15, -0.1) is 5.10 Å². The number of thioether (sulfide) groups is 1. The van der Waals surface area contributed by atoms with Crippen molar-refractivity contribution >= 4 is 28.6 Å². The normalized spacial score (nSPS) is 11.7. The number of hydrogen-bond donors (Lipinski definition) is 0. The zero-order valence-corrected chi connectivity index (χ0v) is 17.0. The number of aromatic nitrogens is 5. The maximum Gasteiger partial charge on any atom is 0.340 e. The first-order valence-corrected chi connectivity index (χ1v) is 9.78. The number of rotatable bonds is 5. The van der Waals surface area contributed by atoms with Crippen molar-refractivity contribution in [1.29, 1.82) is 0 Å². The number of hydrogen-bond acceptors (Lipinski definition) is 7. The number of pyridine rings is 1. The van der Waals surface area contributed by atoms with Crippen molar-refractivity contribution in [2.24, 2.45) is 0 Å². The molecule has 0 unspecified atom stereocenters. The third-order valence-electron chi connectivity index (χ3n) is 4.12. The number of para-hydroxylation sites is 1. The summed E-state index contributed by atoms with van der Waals surface area (Å²) in [5, 5.41) is 13.6. The Morgan fingerprint density at radius 3 is 2.70 bits per heavy atom. The highest BCUT2D eigenvalue weighted by Gasteiger charge is 2.23. The van der Waals surface area contributed by atoms with Crippen LogP contribution in [0.4, 0.5) is 0 Å². The standard InChI is InChI=1S/C19H23N5O2S/c1-6-26-17(25)16-12(2)13-9-7-8-10-14(13)20-15(16)11-27-18-21-22-23-24(18)19(3,4)5/h7-10H,6,11H2,1-5H3. The van der Waals surface area contributed by atoms with Gasteiger partial charge in [-0.25, -0.2) is 9.48 Å². The van der Waals surface area contributed by atoms with E-state index in [0.29, 0.717) is 28.8 Å². The summed E-state index contributed by atoms with van der Waals surface area (Å²) in [7, 11) is 0. The molecule has 0 fully saturated rings. The number of carbonyl (C=O) groups excluding carboxylic acids is 1. The molecule has 0 saturated heterocycles. The molecule has 7 nitrogen and oxygen atoms in total. The minimum Gasteiger partial charge on any atom is -0.462 e. The summed E-state index contributed by atoms with van der Waals surface area (Å²) < 4.78 is 7.05. The molecule has 0 aliphatic rings. The molecule has 0 saturated carbocycles. The lowest BCUT2D eigenvalue weighted by Gasteiger charge is -2.19. The van der Waals surface area contributed by atoms with Crippen LogP contribution in [0.15, 0.2) is 29.4 Å². The molecule has 3 rings (SSSR count). The molecule has 0 radical (unpaired) electrons. The molecule has 142 valence electrons. The number of benzene rings is 1. The maximum absolute atomic E-state index is 12.6. The van der Waals surface area contributed by atoms with Crippen molar-refractivity contribution in [1.82, 2.24) is 25.2 Å². The number of ether oxygens (including phenoxy) is 1. The van der Waals surface area contributed by atoms with Gasteiger partial charge in [0.2, 0.25) is 5.16 Å². The van der Waals surface area contributed by atoms with Crippen molar-refractivity contribution in [3.63, 3.8) is 0 Å². The quantitative estimate of drug-likeness (QED) is 0.488. The van der Waals surface area contributed by atoms with Gasteiger partial charge in [0.25, 0.3) is 0 Å². The van der Waals surface area contributed by atoms with Crippen molar-refractivity contribution in [3.05, 3.63) is 41.1 Å². The Morgan fingerprint density at radius 2 is 2.00 bits per heavy atom. The number of nitrogens with zero attached hydrogens (tertiary/aromatic N) is 5. The lowest BCUT2D eigenvalue weighted by atomic mass is 10.0. The van der Waals surface area contributed by atoms with Gasteiger partial charge in [0.15, 0.2) is 0 Å². The topological polar surface area (TPSA) is 82.8 Å². The molecule has 0 atom stereocenters. The van der Waals surface area contributed by atoms with Gasteiger partial charge in [0.1, 0.15) is 0 Å².